The van der Waals surface area contributed by atoms with Crippen molar-refractivity contribution in [2.45, 2.75) is 163 Å². The molecule has 0 spiro atoms. The Kier molecular flexibility index (Phi) is 27.6. The van der Waals surface area contributed by atoms with Crippen LogP contribution in [0.4, 0.5) is 0 Å². The van der Waals surface area contributed by atoms with Gasteiger partial charge in [-0.15, -0.1) is 0 Å². The van der Waals surface area contributed by atoms with E-state index >= 15 is 0 Å². The van der Waals surface area contributed by atoms with Gasteiger partial charge < -0.3 is 26.2 Å². The average molecular weight is 741 g/mol. The van der Waals surface area contributed by atoms with Crippen molar-refractivity contribution in [2.24, 2.45) is 0 Å². The molecule has 0 heterocycles. The van der Waals surface area contributed by atoms with Gasteiger partial charge >= 0.3 is 17.4 Å². The van der Waals surface area contributed by atoms with Gasteiger partial charge in [-0.1, -0.05) is 98.0 Å². The Morgan fingerprint density at radius 1 is 0.500 bits per heavy atom. The summed E-state index contributed by atoms with van der Waals surface area (Å²) in [7, 11) is -5.07. The largest absolute Gasteiger partial charge is 0.500 e. The number of hydrogen-bond donors (Lipinski definition) is 1. The zero-order chi connectivity index (χ0) is 34.7. The van der Waals surface area contributed by atoms with Gasteiger partial charge in [-0.2, -0.15) is 11.1 Å². The van der Waals surface area contributed by atoms with E-state index in [0.29, 0.717) is 0 Å². The zero-order valence-corrected chi connectivity index (χ0v) is 40.1. The minimum Gasteiger partial charge on any atom is -0.437 e. The molecule has 0 unspecified atom stereocenters. The molecular formula is C28H78ClNO5Si7. The number of hydrogen-bond acceptors (Lipinski definition) is 6. The van der Waals surface area contributed by atoms with E-state index in [1.54, 1.807) is 21.3 Å². The lowest BCUT2D eigenvalue weighted by atomic mass is 10.1. The van der Waals surface area contributed by atoms with Crippen LogP contribution in [0.15, 0.2) is 0 Å². The number of nitrogens with one attached hydrogen (secondary N) is 1. The van der Waals surface area contributed by atoms with Gasteiger partial charge in [-0.3, -0.25) is 0 Å². The molecule has 0 amide bonds. The monoisotopic (exact) mass is 739 g/mol. The highest BCUT2D eigenvalue weighted by molar-refractivity contribution is 7.18. The highest BCUT2D eigenvalue weighted by Crippen LogP contribution is 2.20. The summed E-state index contributed by atoms with van der Waals surface area (Å²) in [6.45, 7) is 40.2. The standard InChI is InChI=1S/C11H26O3Si.C8H24O2Si3.C6H19NSi2.C3H9ClSi/c1-5-6-7-8-9-10-11-15(12-2,13-3)14-4;1-11(2,3)9-13(7,8)10-12(4,5)6;1-8(2,3)7-9(4,5)6;1-5(2,3)4/h5-11H2,1-4H3;1-8H3;7H,1-6H3;1-3H3. The first kappa shape index (κ1) is 50.4. The molecule has 0 aromatic carbocycles. The van der Waals surface area contributed by atoms with Crippen LogP contribution in [0, 0.1) is 0 Å². The SMILES string of the molecule is CCCCCCCC[Si](OC)(OC)OC.C[Si](C)(C)Cl.C[Si](C)(C)N[Si](C)(C)C.C[Si](C)(C)O[Si](C)(C)O[Si](C)(C)C. The Bertz CT molecular complexity index is 595. The van der Waals surface area contributed by atoms with Crippen molar-refractivity contribution in [3.63, 3.8) is 0 Å². The molecule has 260 valence electrons. The third-order valence-electron chi connectivity index (χ3n) is 4.62. The second kappa shape index (κ2) is 23.0. The van der Waals surface area contributed by atoms with Crippen LogP contribution in [0.3, 0.4) is 0 Å². The van der Waals surface area contributed by atoms with Gasteiger partial charge in [0.15, 0.2) is 16.6 Å². The maximum Gasteiger partial charge on any atom is 0.500 e. The second-order valence-electron chi connectivity index (χ2n) is 16.3. The van der Waals surface area contributed by atoms with Gasteiger partial charge in [0.25, 0.3) is 0 Å². The van der Waals surface area contributed by atoms with E-state index in [1.807, 2.05) is 0 Å². The molecule has 0 aliphatic rings. The first-order valence-electron chi connectivity index (χ1n) is 15.9. The molecule has 0 rings (SSSR count). The molecule has 42 heavy (non-hydrogen) atoms. The van der Waals surface area contributed by atoms with Crippen LogP contribution in [0.1, 0.15) is 45.4 Å². The molecule has 0 atom stereocenters. The van der Waals surface area contributed by atoms with Crippen LogP contribution < -0.4 is 4.65 Å². The molecule has 1 N–H and O–H groups in total. The predicted octanol–water partition coefficient (Wildman–Crippen LogP) is 10.9. The highest BCUT2D eigenvalue weighted by Gasteiger charge is 2.37. The third-order valence-corrected chi connectivity index (χ3v) is 22.3. The van der Waals surface area contributed by atoms with Gasteiger partial charge in [-0.25, -0.2) is 0 Å². The molecule has 0 saturated heterocycles. The molecule has 0 aliphatic heterocycles. The molecule has 14 heteroatoms. The molecular weight excluding hydrogens is 662 g/mol. The smallest absolute Gasteiger partial charge is 0.437 e. The summed E-state index contributed by atoms with van der Waals surface area (Å²) in [5, 5.41) is 0. The minimum atomic E-state index is -2.29. The molecule has 0 aromatic heterocycles. The van der Waals surface area contributed by atoms with Gasteiger partial charge in [0.05, 0.1) is 0 Å². The van der Waals surface area contributed by atoms with Crippen LogP contribution in [0.5, 0.6) is 0 Å². The first-order valence-corrected chi connectivity index (χ1v) is 39.0. The van der Waals surface area contributed by atoms with Gasteiger partial charge in [0.2, 0.25) is 0 Å². The predicted molar refractivity (Wildman–Crippen MR) is 210 cm³/mol. The van der Waals surface area contributed by atoms with E-state index in [4.69, 9.17) is 32.6 Å². The summed E-state index contributed by atoms with van der Waals surface area (Å²) in [5.41, 5.74) is 0. The lowest BCUT2D eigenvalue weighted by Gasteiger charge is -2.35. The Hall–Kier alpha value is 1.57. The fraction of sp³-hybridized carbons (Fsp3) is 1.00. The van der Waals surface area contributed by atoms with Crippen LogP contribution in [-0.4, -0.2) is 79.2 Å². The summed E-state index contributed by atoms with van der Waals surface area (Å²) in [6, 6.07) is 0.933. The van der Waals surface area contributed by atoms with E-state index in [9.17, 15) is 0 Å². The van der Waals surface area contributed by atoms with Crippen LogP contribution in [0.2, 0.25) is 117 Å². The van der Waals surface area contributed by atoms with E-state index in [0.717, 1.165) is 12.5 Å². The van der Waals surface area contributed by atoms with Crippen molar-refractivity contribution < 1.29 is 21.5 Å². The average Bonchev–Trinajstić information content (AvgIpc) is 2.67. The zero-order valence-electron chi connectivity index (χ0n) is 32.4. The van der Waals surface area contributed by atoms with E-state index in [2.05, 4.69) is 123 Å². The van der Waals surface area contributed by atoms with Gasteiger partial charge in [0.1, 0.15) is 23.9 Å². The molecule has 0 bridgehead atoms. The van der Waals surface area contributed by atoms with Gasteiger partial charge in [-0.05, 0) is 58.8 Å². The lowest BCUT2D eigenvalue weighted by Crippen LogP contribution is -2.55. The summed E-state index contributed by atoms with van der Waals surface area (Å²) in [4.78, 5) is 0. The normalized spacial score (nSPS) is 13.3. The second-order valence-corrected chi connectivity index (χ2v) is 49.8. The van der Waals surface area contributed by atoms with Crippen LogP contribution in [-0.2, 0) is 21.5 Å². The fourth-order valence-corrected chi connectivity index (χ4v) is 27.4. The number of halogens is 1. The Labute approximate surface area is 277 Å². The Morgan fingerprint density at radius 2 is 0.786 bits per heavy atom. The topological polar surface area (TPSA) is 58.2 Å². The fourth-order valence-electron chi connectivity index (χ4n) is 4.30. The number of unbranched alkanes of at least 4 members (excludes halogenated alkanes) is 5. The molecule has 0 aromatic rings. The van der Waals surface area contributed by atoms with Crippen molar-refractivity contribution in [1.82, 2.24) is 4.65 Å². The molecule has 6 nitrogen and oxygen atoms in total. The lowest BCUT2D eigenvalue weighted by molar-refractivity contribution is 0.122. The van der Waals surface area contributed by atoms with Crippen molar-refractivity contribution >= 4 is 68.9 Å². The quantitative estimate of drug-likeness (QED) is 0.0966. The molecule has 0 fully saturated rings. The number of rotatable bonds is 16. The Morgan fingerprint density at radius 3 is 1.00 bits per heavy atom. The van der Waals surface area contributed by atoms with E-state index in [1.165, 1.54) is 32.1 Å². The third kappa shape index (κ3) is 48.5. The van der Waals surface area contributed by atoms with E-state index < -0.39 is 57.9 Å². The van der Waals surface area contributed by atoms with Gasteiger partial charge in [0, 0.05) is 27.4 Å². The molecule has 0 aliphatic carbocycles. The molecule has 0 saturated carbocycles. The first-order chi connectivity index (χ1) is 18.4. The summed E-state index contributed by atoms with van der Waals surface area (Å²) >= 11 is 5.67. The highest BCUT2D eigenvalue weighted by atomic mass is 35.6. The Balaban J connectivity index is -0.000000244. The summed E-state index contributed by atoms with van der Waals surface area (Å²) in [6.07, 6.45) is 7.71. The van der Waals surface area contributed by atoms with Crippen molar-refractivity contribution in [2.75, 3.05) is 21.3 Å². The summed E-state index contributed by atoms with van der Waals surface area (Å²) < 4.78 is 32.0. The summed E-state index contributed by atoms with van der Waals surface area (Å²) in [5.74, 6) is 0. The maximum absolute atomic E-state index is 6.09. The van der Waals surface area contributed by atoms with Crippen LogP contribution >= 0.6 is 11.1 Å². The van der Waals surface area contributed by atoms with E-state index in [-0.39, 0.29) is 0 Å². The molecule has 0 radical (unpaired) electrons. The van der Waals surface area contributed by atoms with Crippen molar-refractivity contribution in [3.05, 3.63) is 0 Å². The van der Waals surface area contributed by atoms with Crippen molar-refractivity contribution in [1.29, 1.82) is 0 Å². The van der Waals surface area contributed by atoms with Crippen LogP contribution in [0.25, 0.3) is 0 Å². The van der Waals surface area contributed by atoms with Crippen molar-refractivity contribution in [3.8, 4) is 0 Å². The minimum absolute atomic E-state index is 0.933. The maximum atomic E-state index is 6.09.